The lowest BCUT2D eigenvalue weighted by atomic mass is 9.95. The van der Waals surface area contributed by atoms with Crippen LogP contribution < -0.4 is 26.2 Å². The third kappa shape index (κ3) is 7.93. The Morgan fingerprint density at radius 3 is 2.38 bits per heavy atom. The van der Waals surface area contributed by atoms with Gasteiger partial charge in [0, 0.05) is 19.4 Å². The van der Waals surface area contributed by atoms with Crippen LogP contribution in [0.5, 0.6) is 5.75 Å². The van der Waals surface area contributed by atoms with Gasteiger partial charge in [0.2, 0.25) is 29.5 Å². The molecule has 220 valence electrons. The van der Waals surface area contributed by atoms with Gasteiger partial charge < -0.3 is 25.6 Å². The predicted octanol–water partition coefficient (Wildman–Crippen LogP) is 0.809. The highest BCUT2D eigenvalue weighted by Gasteiger charge is 2.41. The Balaban J connectivity index is 1.91. The van der Waals surface area contributed by atoms with Crippen LogP contribution in [0, 0.1) is 5.92 Å². The van der Waals surface area contributed by atoms with E-state index in [0.29, 0.717) is 44.4 Å². The van der Waals surface area contributed by atoms with Gasteiger partial charge in [0.05, 0.1) is 7.11 Å². The summed E-state index contributed by atoms with van der Waals surface area (Å²) in [4.78, 5) is 67.1. The van der Waals surface area contributed by atoms with Crippen LogP contribution >= 0.6 is 0 Å². The summed E-state index contributed by atoms with van der Waals surface area (Å²) >= 11 is 0. The fraction of sp³-hybridized carbons (Fsp3) is 0.607. The number of hydroxylamine groups is 1. The van der Waals surface area contributed by atoms with E-state index in [2.05, 4.69) is 16.0 Å². The molecule has 0 radical (unpaired) electrons. The van der Waals surface area contributed by atoms with E-state index in [1.807, 2.05) is 13.8 Å². The van der Waals surface area contributed by atoms with Gasteiger partial charge in [0.1, 0.15) is 29.9 Å². The number of ether oxygens (including phenoxy) is 1. The zero-order valence-corrected chi connectivity index (χ0v) is 23.4. The lowest BCUT2D eigenvalue weighted by Crippen LogP contribution is -2.62. The van der Waals surface area contributed by atoms with Crippen LogP contribution in [0.25, 0.3) is 0 Å². The second-order valence-corrected chi connectivity index (χ2v) is 10.5. The minimum absolute atomic E-state index is 0.0587. The SMILES string of the molecule is CCC(C)[C@@H]1NC(=O)[C@@H](Cc2ccc(OC)cc2)NC(=O)[C@H](CCCCC(=O)NO)NC(=O)[C@H]2CCCN2C1=O. The van der Waals surface area contributed by atoms with E-state index >= 15 is 0 Å². The number of carbonyl (C=O) groups excluding carboxylic acids is 5. The van der Waals surface area contributed by atoms with Crippen LogP contribution in [-0.4, -0.2) is 77.5 Å². The second kappa shape index (κ2) is 14.6. The van der Waals surface area contributed by atoms with Crippen LogP contribution in [0.2, 0.25) is 0 Å². The molecule has 1 aromatic carbocycles. The van der Waals surface area contributed by atoms with Crippen molar-refractivity contribution in [3.63, 3.8) is 0 Å². The molecule has 5 atom stereocenters. The molecule has 0 bridgehead atoms. The van der Waals surface area contributed by atoms with Crippen molar-refractivity contribution >= 4 is 29.5 Å². The standard InChI is InChI=1S/C28H41N5O7/c1-4-17(2)24-28(38)33-15-7-9-22(33)27(37)29-20(8-5-6-10-23(34)32-39)25(35)30-21(26(36)31-24)16-18-11-13-19(40-3)14-12-18/h11-14,17,20-22,24,39H,4-10,15-16H2,1-3H3,(H,29,37)(H,30,35)(H,31,36)(H,32,34)/t17?,20-,21+,22+,24-/m0/s1. The molecule has 0 spiro atoms. The number of methoxy groups -OCH3 is 1. The molecule has 40 heavy (non-hydrogen) atoms. The molecule has 12 heteroatoms. The molecule has 0 saturated carbocycles. The van der Waals surface area contributed by atoms with Gasteiger partial charge in [-0.1, -0.05) is 38.8 Å². The van der Waals surface area contributed by atoms with Crippen molar-refractivity contribution in [2.24, 2.45) is 5.92 Å². The molecule has 2 fully saturated rings. The smallest absolute Gasteiger partial charge is 0.246 e. The topological polar surface area (TPSA) is 166 Å². The quantitative estimate of drug-likeness (QED) is 0.161. The Kier molecular flexibility index (Phi) is 11.3. The number of rotatable bonds is 10. The maximum atomic E-state index is 13.7. The first kappa shape index (κ1) is 30.9. The third-order valence-electron chi connectivity index (χ3n) is 7.75. The van der Waals surface area contributed by atoms with Gasteiger partial charge in [-0.3, -0.25) is 29.2 Å². The van der Waals surface area contributed by atoms with Crippen LogP contribution in [-0.2, 0) is 30.4 Å². The number of carbonyl (C=O) groups is 5. The van der Waals surface area contributed by atoms with Crippen molar-refractivity contribution in [2.45, 2.75) is 89.4 Å². The van der Waals surface area contributed by atoms with E-state index in [1.165, 1.54) is 4.90 Å². The van der Waals surface area contributed by atoms with Crippen LogP contribution in [0.1, 0.15) is 64.4 Å². The summed E-state index contributed by atoms with van der Waals surface area (Å²) in [6.45, 7) is 4.20. The number of hydrogen-bond donors (Lipinski definition) is 5. The van der Waals surface area contributed by atoms with Gasteiger partial charge >= 0.3 is 0 Å². The monoisotopic (exact) mass is 559 g/mol. The average molecular weight is 560 g/mol. The Morgan fingerprint density at radius 1 is 1.05 bits per heavy atom. The summed E-state index contributed by atoms with van der Waals surface area (Å²) in [6, 6.07) is 3.56. The number of fused-ring (bicyclic) bond motifs is 1. The second-order valence-electron chi connectivity index (χ2n) is 10.5. The Morgan fingerprint density at radius 2 is 1.73 bits per heavy atom. The first-order valence-corrected chi connectivity index (χ1v) is 14.0. The Hall–Kier alpha value is -3.67. The number of hydrogen-bond acceptors (Lipinski definition) is 7. The number of nitrogens with one attached hydrogen (secondary N) is 4. The number of amides is 5. The lowest BCUT2D eigenvalue weighted by molar-refractivity contribution is -0.144. The normalized spacial score (nSPS) is 24.6. The average Bonchev–Trinajstić information content (AvgIpc) is 3.46. The van der Waals surface area contributed by atoms with E-state index in [4.69, 9.17) is 9.94 Å². The third-order valence-corrected chi connectivity index (χ3v) is 7.75. The van der Waals surface area contributed by atoms with Crippen molar-refractivity contribution in [3.8, 4) is 5.75 Å². The van der Waals surface area contributed by atoms with E-state index in [-0.39, 0.29) is 31.1 Å². The van der Waals surface area contributed by atoms with Gasteiger partial charge in [0.15, 0.2) is 0 Å². The summed E-state index contributed by atoms with van der Waals surface area (Å²) in [5, 5.41) is 17.2. The molecule has 0 aliphatic carbocycles. The molecule has 2 aliphatic rings. The van der Waals surface area contributed by atoms with Gasteiger partial charge in [-0.15, -0.1) is 0 Å². The Bertz CT molecular complexity index is 1060. The highest BCUT2D eigenvalue weighted by Crippen LogP contribution is 2.23. The summed E-state index contributed by atoms with van der Waals surface area (Å²) < 4.78 is 5.21. The molecule has 0 aromatic heterocycles. The fourth-order valence-electron chi connectivity index (χ4n) is 5.12. The maximum absolute atomic E-state index is 13.7. The van der Waals surface area contributed by atoms with Crippen molar-refractivity contribution in [2.75, 3.05) is 13.7 Å². The summed E-state index contributed by atoms with van der Waals surface area (Å²) in [7, 11) is 1.55. The number of unbranched alkanes of at least 4 members (excludes halogenated alkanes) is 1. The first-order chi connectivity index (χ1) is 19.2. The molecular formula is C28H41N5O7. The minimum atomic E-state index is -1.01. The van der Waals surface area contributed by atoms with E-state index in [1.54, 1.807) is 36.9 Å². The van der Waals surface area contributed by atoms with Crippen LogP contribution in [0.4, 0.5) is 0 Å². The molecule has 2 saturated heterocycles. The fourth-order valence-corrected chi connectivity index (χ4v) is 5.12. The largest absolute Gasteiger partial charge is 0.497 e. The zero-order valence-electron chi connectivity index (χ0n) is 23.4. The predicted molar refractivity (Wildman–Crippen MR) is 145 cm³/mol. The summed E-state index contributed by atoms with van der Waals surface area (Å²) in [5.41, 5.74) is 2.35. The minimum Gasteiger partial charge on any atom is -0.497 e. The molecule has 12 nitrogen and oxygen atoms in total. The highest BCUT2D eigenvalue weighted by atomic mass is 16.5. The van der Waals surface area contributed by atoms with Crippen molar-refractivity contribution < 1.29 is 33.9 Å². The zero-order chi connectivity index (χ0) is 29.2. The molecule has 2 aliphatic heterocycles. The summed E-state index contributed by atoms with van der Waals surface area (Å²) in [6.07, 6.45) is 2.95. The van der Waals surface area contributed by atoms with Crippen molar-refractivity contribution in [3.05, 3.63) is 29.8 Å². The van der Waals surface area contributed by atoms with E-state index in [9.17, 15) is 24.0 Å². The van der Waals surface area contributed by atoms with E-state index < -0.39 is 47.8 Å². The lowest BCUT2D eigenvalue weighted by Gasteiger charge is -2.34. The van der Waals surface area contributed by atoms with E-state index in [0.717, 1.165) is 5.56 Å². The van der Waals surface area contributed by atoms with Crippen molar-refractivity contribution in [1.29, 1.82) is 0 Å². The van der Waals surface area contributed by atoms with Crippen LogP contribution in [0.3, 0.4) is 0 Å². The number of benzene rings is 1. The van der Waals surface area contributed by atoms with Gasteiger partial charge in [0.25, 0.3) is 0 Å². The van der Waals surface area contributed by atoms with Gasteiger partial charge in [-0.05, 0) is 49.3 Å². The van der Waals surface area contributed by atoms with Gasteiger partial charge in [-0.2, -0.15) is 0 Å². The number of nitrogens with zero attached hydrogens (tertiary/aromatic N) is 1. The molecule has 1 unspecified atom stereocenters. The maximum Gasteiger partial charge on any atom is 0.246 e. The molecule has 3 rings (SSSR count). The highest BCUT2D eigenvalue weighted by molar-refractivity contribution is 5.98. The first-order valence-electron chi connectivity index (χ1n) is 14.0. The molecule has 5 amide bonds. The van der Waals surface area contributed by atoms with Gasteiger partial charge in [-0.25, -0.2) is 5.48 Å². The molecule has 1 aromatic rings. The molecular weight excluding hydrogens is 518 g/mol. The summed E-state index contributed by atoms with van der Waals surface area (Å²) in [5.74, 6) is -1.81. The molecule has 2 heterocycles. The van der Waals surface area contributed by atoms with Crippen molar-refractivity contribution in [1.82, 2.24) is 26.3 Å². The molecule has 5 N–H and O–H groups in total. The Labute approximate surface area is 234 Å². The van der Waals surface area contributed by atoms with Crippen LogP contribution in [0.15, 0.2) is 24.3 Å².